The molecule has 0 atom stereocenters. The number of hydrogen-bond donors (Lipinski definition) is 0. The first-order valence-electron chi connectivity index (χ1n) is 9.64. The van der Waals surface area contributed by atoms with E-state index in [1.165, 1.54) is 39.7 Å². The van der Waals surface area contributed by atoms with E-state index in [4.69, 9.17) is 0 Å². The lowest BCUT2D eigenvalue weighted by molar-refractivity contribution is -0.387. The Balaban J connectivity index is 1.65. The fourth-order valence-electron chi connectivity index (χ4n) is 3.46. The molecule has 0 N–H and O–H groups in total. The van der Waals surface area contributed by atoms with Crippen LogP contribution in [0.3, 0.4) is 0 Å². The average molecular weight is 418 g/mol. The smallest absolute Gasteiger partial charge is 0.289 e. The summed E-state index contributed by atoms with van der Waals surface area (Å²) in [5.41, 5.74) is 2.20. The van der Waals surface area contributed by atoms with Gasteiger partial charge >= 0.3 is 0 Å². The third-order valence-corrected chi connectivity index (χ3v) is 7.18. The molecule has 8 heteroatoms. The highest BCUT2D eigenvalue weighted by Crippen LogP contribution is 2.27. The van der Waals surface area contributed by atoms with Gasteiger partial charge in [-0.25, -0.2) is 8.42 Å². The van der Waals surface area contributed by atoms with Crippen molar-refractivity contribution in [2.45, 2.75) is 37.6 Å². The molecule has 156 valence electrons. The number of hydrogen-bond acceptors (Lipinski definition) is 5. The van der Waals surface area contributed by atoms with Crippen molar-refractivity contribution in [3.63, 3.8) is 0 Å². The first kappa shape index (κ1) is 21.4. The minimum Gasteiger partial charge on any atom is -0.296 e. The molecular weight excluding hydrogens is 390 g/mol. The summed E-state index contributed by atoms with van der Waals surface area (Å²) < 4.78 is 27.2. The number of piperazine rings is 1. The van der Waals surface area contributed by atoms with Gasteiger partial charge in [0.15, 0.2) is 4.90 Å². The zero-order valence-corrected chi connectivity index (χ0v) is 17.9. The second-order valence-corrected chi connectivity index (χ2v) is 10.3. The maximum absolute atomic E-state index is 12.9. The monoisotopic (exact) mass is 417 g/mol. The van der Waals surface area contributed by atoms with Crippen LogP contribution >= 0.6 is 0 Å². The summed E-state index contributed by atoms with van der Waals surface area (Å²) in [4.78, 5) is 12.5. The van der Waals surface area contributed by atoms with E-state index in [-0.39, 0.29) is 16.0 Å². The summed E-state index contributed by atoms with van der Waals surface area (Å²) in [6.45, 7) is 9.09. The fraction of sp³-hybridized carbons (Fsp3) is 0.429. The van der Waals surface area contributed by atoms with E-state index in [1.807, 2.05) is 0 Å². The lowest BCUT2D eigenvalue weighted by Gasteiger charge is -2.34. The number of sulfonamides is 1. The second-order valence-electron chi connectivity index (χ2n) is 8.35. The van der Waals surface area contributed by atoms with E-state index in [0.29, 0.717) is 26.2 Å². The Bertz CT molecular complexity index is 974. The molecule has 0 amide bonds. The maximum Gasteiger partial charge on any atom is 0.289 e. The van der Waals surface area contributed by atoms with Gasteiger partial charge in [-0.05, 0) is 22.6 Å². The molecule has 1 saturated heterocycles. The Morgan fingerprint density at radius 3 is 2.10 bits per heavy atom. The van der Waals surface area contributed by atoms with Crippen molar-refractivity contribution in [1.82, 2.24) is 9.21 Å². The van der Waals surface area contributed by atoms with Crippen molar-refractivity contribution < 1.29 is 13.3 Å². The van der Waals surface area contributed by atoms with Crippen LogP contribution in [0, 0.1) is 10.1 Å². The zero-order chi connectivity index (χ0) is 21.2. The molecule has 29 heavy (non-hydrogen) atoms. The summed E-state index contributed by atoms with van der Waals surface area (Å²) in [7, 11) is -3.89. The van der Waals surface area contributed by atoms with Crippen LogP contribution in [0.15, 0.2) is 53.4 Å². The number of nitro groups is 1. The zero-order valence-electron chi connectivity index (χ0n) is 17.0. The Labute approximate surface area is 172 Å². The van der Waals surface area contributed by atoms with Gasteiger partial charge in [-0.3, -0.25) is 15.0 Å². The minimum atomic E-state index is -3.89. The van der Waals surface area contributed by atoms with Crippen LogP contribution in [0.5, 0.6) is 0 Å². The SMILES string of the molecule is CC(C)(C)c1ccc(CN2CCN(S(=O)(=O)c3ccccc3[N+](=O)[O-])CC2)cc1. The van der Waals surface area contributed by atoms with Crippen LogP contribution in [0.2, 0.25) is 0 Å². The van der Waals surface area contributed by atoms with E-state index >= 15 is 0 Å². The Kier molecular flexibility index (Phi) is 6.07. The van der Waals surface area contributed by atoms with Gasteiger partial charge in [0.05, 0.1) is 4.92 Å². The van der Waals surface area contributed by atoms with E-state index in [9.17, 15) is 18.5 Å². The first-order valence-corrected chi connectivity index (χ1v) is 11.1. The highest BCUT2D eigenvalue weighted by Gasteiger charge is 2.33. The standard InChI is InChI=1S/C21H27N3O4S/c1-21(2,3)18-10-8-17(9-11-18)16-22-12-14-23(15-13-22)29(27,28)20-7-5-4-6-19(20)24(25)26/h4-11H,12-16H2,1-3H3. The van der Waals surface area contributed by atoms with Crippen LogP contribution in [-0.2, 0) is 22.0 Å². The third-order valence-electron chi connectivity index (χ3n) is 5.24. The van der Waals surface area contributed by atoms with Gasteiger partial charge in [0, 0.05) is 38.8 Å². The molecule has 2 aromatic rings. The van der Waals surface area contributed by atoms with Crippen molar-refractivity contribution in [1.29, 1.82) is 0 Å². The van der Waals surface area contributed by atoms with Crippen molar-refractivity contribution >= 4 is 15.7 Å². The van der Waals surface area contributed by atoms with Crippen LogP contribution in [0.1, 0.15) is 31.9 Å². The molecule has 0 bridgehead atoms. The molecule has 0 spiro atoms. The van der Waals surface area contributed by atoms with E-state index < -0.39 is 14.9 Å². The highest BCUT2D eigenvalue weighted by atomic mass is 32.2. The van der Waals surface area contributed by atoms with E-state index in [1.54, 1.807) is 0 Å². The van der Waals surface area contributed by atoms with Gasteiger partial charge < -0.3 is 0 Å². The topological polar surface area (TPSA) is 83.8 Å². The predicted molar refractivity (Wildman–Crippen MR) is 112 cm³/mol. The van der Waals surface area contributed by atoms with Gasteiger partial charge in [-0.2, -0.15) is 4.31 Å². The molecule has 0 aliphatic carbocycles. The van der Waals surface area contributed by atoms with Crippen molar-refractivity contribution in [2.24, 2.45) is 0 Å². The number of nitro benzene ring substituents is 1. The molecule has 0 saturated carbocycles. The van der Waals surface area contributed by atoms with E-state index in [2.05, 4.69) is 49.9 Å². The third kappa shape index (κ3) is 4.83. The van der Waals surface area contributed by atoms with Gasteiger partial charge in [-0.15, -0.1) is 0 Å². The molecule has 1 aliphatic rings. The number of benzene rings is 2. The molecule has 0 radical (unpaired) electrons. The highest BCUT2D eigenvalue weighted by molar-refractivity contribution is 7.89. The summed E-state index contributed by atoms with van der Waals surface area (Å²) >= 11 is 0. The molecule has 0 unspecified atom stereocenters. The van der Waals surface area contributed by atoms with Crippen LogP contribution in [0.25, 0.3) is 0 Å². The summed E-state index contributed by atoms with van der Waals surface area (Å²) in [6.07, 6.45) is 0. The fourth-order valence-corrected chi connectivity index (χ4v) is 5.04. The number of para-hydroxylation sites is 1. The van der Waals surface area contributed by atoms with Crippen molar-refractivity contribution in [2.75, 3.05) is 26.2 Å². The van der Waals surface area contributed by atoms with Crippen LogP contribution in [-0.4, -0.2) is 48.7 Å². The predicted octanol–water partition coefficient (Wildman–Crippen LogP) is 3.40. The lowest BCUT2D eigenvalue weighted by Crippen LogP contribution is -2.48. The summed E-state index contributed by atoms with van der Waals surface area (Å²) in [5, 5.41) is 11.2. The van der Waals surface area contributed by atoms with Gasteiger partial charge in [0.1, 0.15) is 0 Å². The molecule has 7 nitrogen and oxygen atoms in total. The normalized spacial score (nSPS) is 16.7. The van der Waals surface area contributed by atoms with Gasteiger partial charge in [0.2, 0.25) is 10.0 Å². The molecule has 3 rings (SSSR count). The quantitative estimate of drug-likeness (QED) is 0.550. The Hall–Kier alpha value is -2.29. The van der Waals surface area contributed by atoms with Crippen LogP contribution in [0.4, 0.5) is 5.69 Å². The minimum absolute atomic E-state index is 0.110. The van der Waals surface area contributed by atoms with Crippen molar-refractivity contribution in [3.8, 4) is 0 Å². The lowest BCUT2D eigenvalue weighted by atomic mass is 9.87. The molecule has 2 aromatic carbocycles. The number of rotatable bonds is 5. The summed E-state index contributed by atoms with van der Waals surface area (Å²) in [6, 6.07) is 14.0. The molecular formula is C21H27N3O4S. The van der Waals surface area contributed by atoms with Crippen LogP contribution < -0.4 is 0 Å². The van der Waals surface area contributed by atoms with E-state index in [0.717, 1.165) is 6.54 Å². The van der Waals surface area contributed by atoms with Crippen molar-refractivity contribution in [3.05, 3.63) is 69.8 Å². The largest absolute Gasteiger partial charge is 0.296 e. The maximum atomic E-state index is 12.9. The molecule has 1 fully saturated rings. The summed E-state index contributed by atoms with van der Waals surface area (Å²) in [5.74, 6) is 0. The van der Waals surface area contributed by atoms with Gasteiger partial charge in [0.25, 0.3) is 5.69 Å². The molecule has 0 aromatic heterocycles. The first-order chi connectivity index (χ1) is 13.6. The molecule has 1 heterocycles. The van der Waals surface area contributed by atoms with Gasteiger partial charge in [-0.1, -0.05) is 57.2 Å². The Morgan fingerprint density at radius 2 is 1.55 bits per heavy atom. The Morgan fingerprint density at radius 1 is 0.966 bits per heavy atom. The number of nitrogens with zero attached hydrogens (tertiary/aromatic N) is 3. The second kappa shape index (κ2) is 8.22. The molecule has 1 aliphatic heterocycles. The average Bonchev–Trinajstić information content (AvgIpc) is 2.68.